The molecule has 0 heterocycles. The minimum atomic E-state index is -0.732. The van der Waals surface area contributed by atoms with E-state index in [1.54, 1.807) is 6.92 Å². The van der Waals surface area contributed by atoms with E-state index < -0.39 is 22.8 Å². The molecule has 1 N–H and O–H groups in total. The summed E-state index contributed by atoms with van der Waals surface area (Å²) in [5, 5.41) is 13.3. The fourth-order valence-electron chi connectivity index (χ4n) is 2.14. The predicted octanol–water partition coefficient (Wildman–Crippen LogP) is 1.99. The molecule has 0 fully saturated rings. The van der Waals surface area contributed by atoms with Crippen LogP contribution in [-0.4, -0.2) is 36.6 Å². The second-order valence-electron chi connectivity index (χ2n) is 5.77. The number of esters is 1. The molecule has 1 rings (SSSR count). The molecule has 0 aliphatic rings. The molecule has 0 unspecified atom stereocenters. The van der Waals surface area contributed by atoms with Crippen LogP contribution in [-0.2, 0) is 14.3 Å². The van der Waals surface area contributed by atoms with Crippen LogP contribution in [0.15, 0.2) is 18.2 Å². The number of nitrogens with one attached hydrogen (secondary N) is 1. The van der Waals surface area contributed by atoms with Crippen molar-refractivity contribution in [2.75, 3.05) is 13.7 Å². The van der Waals surface area contributed by atoms with Gasteiger partial charge in [-0.25, -0.2) is 4.79 Å². The van der Waals surface area contributed by atoms with E-state index in [-0.39, 0.29) is 18.2 Å². The van der Waals surface area contributed by atoms with E-state index in [1.165, 1.54) is 25.3 Å². The number of ether oxygens (including phenoxy) is 2. The number of carbonyl (C=O) groups excluding carboxylic acids is 2. The monoisotopic (exact) mass is 338 g/mol. The van der Waals surface area contributed by atoms with Crippen LogP contribution >= 0.6 is 0 Å². The third kappa shape index (κ3) is 5.86. The van der Waals surface area contributed by atoms with Crippen molar-refractivity contribution in [3.63, 3.8) is 0 Å². The number of aryl methyl sites for hydroxylation is 1. The molecule has 1 atom stereocenters. The van der Waals surface area contributed by atoms with Gasteiger partial charge in [-0.1, -0.05) is 13.8 Å². The van der Waals surface area contributed by atoms with Crippen molar-refractivity contribution in [3.05, 3.63) is 33.9 Å². The van der Waals surface area contributed by atoms with Crippen LogP contribution in [0, 0.1) is 23.0 Å². The zero-order chi connectivity index (χ0) is 18.3. The van der Waals surface area contributed by atoms with Crippen molar-refractivity contribution >= 4 is 17.6 Å². The maximum absolute atomic E-state index is 11.9. The van der Waals surface area contributed by atoms with E-state index in [4.69, 9.17) is 4.74 Å². The van der Waals surface area contributed by atoms with Gasteiger partial charge in [-0.15, -0.1) is 0 Å². The van der Waals surface area contributed by atoms with Crippen molar-refractivity contribution in [3.8, 4) is 5.75 Å². The van der Waals surface area contributed by atoms with Crippen LogP contribution in [0.1, 0.15) is 25.8 Å². The Hall–Kier alpha value is -2.64. The highest BCUT2D eigenvalue weighted by molar-refractivity contribution is 5.85. The summed E-state index contributed by atoms with van der Waals surface area (Å²) in [5.74, 6) is -0.440. The first-order chi connectivity index (χ1) is 11.2. The number of rotatable bonds is 8. The van der Waals surface area contributed by atoms with E-state index in [1.807, 2.05) is 13.8 Å². The summed E-state index contributed by atoms with van der Waals surface area (Å²) in [7, 11) is 1.26. The molecular weight excluding hydrogens is 316 g/mol. The fraction of sp³-hybridized carbons (Fsp3) is 0.500. The largest absolute Gasteiger partial charge is 0.484 e. The van der Waals surface area contributed by atoms with Crippen LogP contribution in [0.3, 0.4) is 0 Å². The molecule has 0 radical (unpaired) electrons. The summed E-state index contributed by atoms with van der Waals surface area (Å²) < 4.78 is 9.99. The second kappa shape index (κ2) is 8.85. The van der Waals surface area contributed by atoms with Gasteiger partial charge < -0.3 is 14.8 Å². The first kappa shape index (κ1) is 19.4. The van der Waals surface area contributed by atoms with Crippen LogP contribution in [0.4, 0.5) is 5.69 Å². The van der Waals surface area contributed by atoms with Gasteiger partial charge in [0.05, 0.1) is 12.0 Å². The van der Waals surface area contributed by atoms with Crippen LogP contribution in [0.25, 0.3) is 0 Å². The Morgan fingerprint density at radius 2 is 2.00 bits per heavy atom. The van der Waals surface area contributed by atoms with Gasteiger partial charge in [0.15, 0.2) is 6.61 Å². The molecule has 0 saturated heterocycles. The highest BCUT2D eigenvalue weighted by Crippen LogP contribution is 2.22. The number of methoxy groups -OCH3 is 1. The Balaban J connectivity index is 2.63. The highest BCUT2D eigenvalue weighted by atomic mass is 16.6. The lowest BCUT2D eigenvalue weighted by molar-refractivity contribution is -0.385. The van der Waals surface area contributed by atoms with Gasteiger partial charge in [-0.2, -0.15) is 0 Å². The lowest BCUT2D eigenvalue weighted by Gasteiger charge is -2.18. The Morgan fingerprint density at radius 1 is 1.33 bits per heavy atom. The lowest BCUT2D eigenvalue weighted by atomic mass is 10.0. The Bertz CT molecular complexity index is 615. The first-order valence-corrected chi connectivity index (χ1v) is 7.49. The summed E-state index contributed by atoms with van der Waals surface area (Å²) >= 11 is 0. The van der Waals surface area contributed by atoms with Gasteiger partial charge in [0.25, 0.3) is 11.6 Å². The quantitative estimate of drug-likeness (QED) is 0.441. The average molecular weight is 338 g/mol. The first-order valence-electron chi connectivity index (χ1n) is 7.49. The van der Waals surface area contributed by atoms with E-state index >= 15 is 0 Å². The van der Waals surface area contributed by atoms with E-state index in [2.05, 4.69) is 10.1 Å². The number of benzene rings is 1. The van der Waals surface area contributed by atoms with E-state index in [9.17, 15) is 19.7 Å². The molecule has 0 spiro atoms. The second-order valence-corrected chi connectivity index (χ2v) is 5.77. The molecule has 0 aromatic heterocycles. The van der Waals surface area contributed by atoms with Gasteiger partial charge >= 0.3 is 5.97 Å². The average Bonchev–Trinajstić information content (AvgIpc) is 2.50. The third-order valence-electron chi connectivity index (χ3n) is 3.26. The van der Waals surface area contributed by atoms with Gasteiger partial charge in [-0.3, -0.25) is 14.9 Å². The van der Waals surface area contributed by atoms with Gasteiger partial charge in [0.1, 0.15) is 11.8 Å². The number of carbonyl (C=O) groups is 2. The molecule has 0 aliphatic carbocycles. The van der Waals surface area contributed by atoms with Crippen molar-refractivity contribution in [1.29, 1.82) is 0 Å². The standard InChI is InChI=1S/C16H22N2O6/c1-10(2)7-13(16(20)23-4)17-15(19)9-24-12-5-6-14(18(21)22)11(3)8-12/h5-6,8,10,13H,7,9H2,1-4H3,(H,17,19)/t13-/m1/s1. The number of nitro groups is 1. The SMILES string of the molecule is COC(=O)[C@@H](CC(C)C)NC(=O)COc1ccc([N+](=O)[O-])c(C)c1. The van der Waals surface area contributed by atoms with Gasteiger partial charge in [0, 0.05) is 11.6 Å². The van der Waals surface area contributed by atoms with Crippen molar-refractivity contribution in [2.24, 2.45) is 5.92 Å². The Kier molecular flexibility index (Phi) is 7.16. The lowest BCUT2D eigenvalue weighted by Crippen LogP contribution is -2.44. The van der Waals surface area contributed by atoms with Crippen LogP contribution in [0.2, 0.25) is 0 Å². The number of nitro benzene ring substituents is 1. The van der Waals surface area contributed by atoms with Crippen LogP contribution < -0.4 is 10.1 Å². The molecule has 8 nitrogen and oxygen atoms in total. The smallest absolute Gasteiger partial charge is 0.328 e. The molecule has 8 heteroatoms. The summed E-state index contributed by atoms with van der Waals surface area (Å²) in [6, 6.07) is 3.49. The Morgan fingerprint density at radius 3 is 2.50 bits per heavy atom. The zero-order valence-corrected chi connectivity index (χ0v) is 14.2. The number of hydrogen-bond donors (Lipinski definition) is 1. The van der Waals surface area contributed by atoms with Gasteiger partial charge in [0.2, 0.25) is 0 Å². The van der Waals surface area contributed by atoms with Crippen LogP contribution in [0.5, 0.6) is 5.75 Å². The maximum atomic E-state index is 11.9. The molecular formula is C16H22N2O6. The Labute approximate surface area is 140 Å². The maximum Gasteiger partial charge on any atom is 0.328 e. The summed E-state index contributed by atoms with van der Waals surface area (Å²) in [6.45, 7) is 5.14. The highest BCUT2D eigenvalue weighted by Gasteiger charge is 2.22. The molecule has 24 heavy (non-hydrogen) atoms. The fourth-order valence-corrected chi connectivity index (χ4v) is 2.14. The summed E-state index contributed by atoms with van der Waals surface area (Å²) in [4.78, 5) is 33.9. The predicted molar refractivity (Wildman–Crippen MR) is 86.7 cm³/mol. The topological polar surface area (TPSA) is 108 Å². The van der Waals surface area contributed by atoms with Crippen molar-refractivity contribution in [2.45, 2.75) is 33.2 Å². The minimum absolute atomic E-state index is 0.0190. The minimum Gasteiger partial charge on any atom is -0.484 e. The number of amides is 1. The molecule has 0 aliphatic heterocycles. The van der Waals surface area contributed by atoms with Crippen molar-refractivity contribution < 1.29 is 24.0 Å². The summed E-state index contributed by atoms with van der Waals surface area (Å²) in [5.41, 5.74) is 0.416. The van der Waals surface area contributed by atoms with E-state index in [0.29, 0.717) is 17.7 Å². The molecule has 1 aromatic carbocycles. The third-order valence-corrected chi connectivity index (χ3v) is 3.26. The zero-order valence-electron chi connectivity index (χ0n) is 14.2. The van der Waals surface area contributed by atoms with E-state index in [0.717, 1.165) is 0 Å². The molecule has 1 aromatic rings. The summed E-state index contributed by atoms with van der Waals surface area (Å²) in [6.07, 6.45) is 0.453. The molecule has 0 saturated carbocycles. The van der Waals surface area contributed by atoms with Gasteiger partial charge in [-0.05, 0) is 31.4 Å². The number of nitrogens with zero attached hydrogens (tertiary/aromatic N) is 1. The molecule has 0 bridgehead atoms. The molecule has 132 valence electrons. The van der Waals surface area contributed by atoms with Crippen molar-refractivity contribution in [1.82, 2.24) is 5.32 Å². The number of hydrogen-bond acceptors (Lipinski definition) is 6. The normalized spacial score (nSPS) is 11.7. The molecule has 1 amide bonds.